The van der Waals surface area contributed by atoms with Gasteiger partial charge in [-0.15, -0.1) is 0 Å². The van der Waals surface area contributed by atoms with Crippen molar-refractivity contribution in [3.63, 3.8) is 0 Å². The maximum absolute atomic E-state index is 8.47. The lowest BCUT2D eigenvalue weighted by molar-refractivity contribution is -0.0796. The molecule has 5 heteroatoms. The molecule has 5 unspecified atom stereocenters. The Labute approximate surface area is 302 Å². The Morgan fingerprint density at radius 2 is 1.31 bits per heavy atom. The van der Waals surface area contributed by atoms with Gasteiger partial charge in [0.1, 0.15) is 5.60 Å². The Morgan fingerprint density at radius 1 is 0.776 bits per heavy atom. The van der Waals surface area contributed by atoms with Crippen LogP contribution in [0, 0.1) is 23.7 Å². The lowest BCUT2D eigenvalue weighted by Gasteiger charge is -2.43. The highest BCUT2D eigenvalue weighted by atomic mass is 35.5. The number of fused-ring (bicyclic) bond motifs is 2. The second-order valence-corrected chi connectivity index (χ2v) is 18.2. The summed E-state index contributed by atoms with van der Waals surface area (Å²) in [5, 5.41) is 16.1. The van der Waals surface area contributed by atoms with Crippen molar-refractivity contribution in [3.05, 3.63) is 82.9 Å². The Bertz CT molecular complexity index is 1450. The number of oxime groups is 2. The second kappa shape index (κ2) is 16.2. The Balaban J connectivity index is 0.000000159. The first kappa shape index (κ1) is 37.7. The number of halogens is 1. The SMILES string of the molecule is C=C1CCC2CCCCC2C1.CC(C)(C)c1ccc(/C(Cl)=N/O)cc1.CC(C)(C)c1ccc(C2=NOC3(CCC4CCCCC4C3)C2)cc1. The van der Waals surface area contributed by atoms with E-state index in [0.717, 1.165) is 41.4 Å². The van der Waals surface area contributed by atoms with Crippen LogP contribution in [0.5, 0.6) is 0 Å². The molecule has 5 atom stereocenters. The first-order chi connectivity index (χ1) is 23.3. The van der Waals surface area contributed by atoms with Crippen LogP contribution in [-0.4, -0.2) is 21.7 Å². The van der Waals surface area contributed by atoms with Gasteiger partial charge >= 0.3 is 0 Å². The fraction of sp³-hybridized carbons (Fsp3) is 0.636. The van der Waals surface area contributed by atoms with Gasteiger partial charge < -0.3 is 10.0 Å². The third kappa shape index (κ3) is 10.0. The van der Waals surface area contributed by atoms with E-state index in [9.17, 15) is 0 Å². The molecule has 0 amide bonds. The van der Waals surface area contributed by atoms with Gasteiger partial charge in [0.25, 0.3) is 0 Å². The van der Waals surface area contributed by atoms with E-state index in [4.69, 9.17) is 21.6 Å². The number of hydrogen-bond donors (Lipinski definition) is 1. The number of allylic oxidation sites excluding steroid dienone is 1. The van der Waals surface area contributed by atoms with Gasteiger partial charge in [0.2, 0.25) is 0 Å². The summed E-state index contributed by atoms with van der Waals surface area (Å²) in [6, 6.07) is 16.6. The van der Waals surface area contributed by atoms with Crippen LogP contribution >= 0.6 is 11.6 Å². The van der Waals surface area contributed by atoms with Gasteiger partial charge in [-0.05, 0) is 96.1 Å². The second-order valence-electron chi connectivity index (χ2n) is 17.9. The van der Waals surface area contributed by atoms with Gasteiger partial charge in [-0.1, -0.05) is 169 Å². The molecule has 0 aromatic heterocycles. The van der Waals surface area contributed by atoms with Gasteiger partial charge in [0.15, 0.2) is 5.17 Å². The van der Waals surface area contributed by atoms with E-state index in [1.807, 2.05) is 24.3 Å². The predicted octanol–water partition coefficient (Wildman–Crippen LogP) is 12.7. The van der Waals surface area contributed by atoms with Crippen LogP contribution in [0.1, 0.15) is 160 Å². The average molecular weight is 687 g/mol. The zero-order valence-electron chi connectivity index (χ0n) is 31.4. The molecule has 2 aromatic carbocycles. The number of nitrogens with zero attached hydrogens (tertiary/aromatic N) is 2. The molecule has 4 saturated carbocycles. The Hall–Kier alpha value is -2.59. The molecule has 0 bridgehead atoms. The number of benzene rings is 2. The summed E-state index contributed by atoms with van der Waals surface area (Å²) in [4.78, 5) is 6.08. The average Bonchev–Trinajstić information content (AvgIpc) is 3.50. The normalized spacial score (nSPS) is 28.5. The molecule has 1 spiro atoms. The summed E-state index contributed by atoms with van der Waals surface area (Å²) in [6.07, 6.45) is 20.6. The summed E-state index contributed by atoms with van der Waals surface area (Å²) in [7, 11) is 0. The van der Waals surface area contributed by atoms with Crippen molar-refractivity contribution in [1.82, 2.24) is 0 Å². The molecule has 1 N–H and O–H groups in total. The first-order valence-corrected chi connectivity index (χ1v) is 19.7. The highest BCUT2D eigenvalue weighted by Crippen LogP contribution is 2.49. The molecule has 5 aliphatic rings. The fourth-order valence-electron chi connectivity index (χ4n) is 9.01. The van der Waals surface area contributed by atoms with Crippen molar-refractivity contribution in [2.45, 2.75) is 154 Å². The van der Waals surface area contributed by atoms with Crippen LogP contribution < -0.4 is 0 Å². The topological polar surface area (TPSA) is 54.2 Å². The minimum absolute atomic E-state index is 0.0105. The molecule has 4 nitrogen and oxygen atoms in total. The summed E-state index contributed by atoms with van der Waals surface area (Å²) in [5.74, 6) is 3.95. The van der Waals surface area contributed by atoms with Crippen LogP contribution in [0.3, 0.4) is 0 Å². The van der Waals surface area contributed by atoms with Crippen molar-refractivity contribution in [1.29, 1.82) is 0 Å². The molecule has 0 radical (unpaired) electrons. The molecule has 7 rings (SSSR count). The molecule has 268 valence electrons. The monoisotopic (exact) mass is 686 g/mol. The molecule has 49 heavy (non-hydrogen) atoms. The summed E-state index contributed by atoms with van der Waals surface area (Å²) >= 11 is 5.66. The molecule has 0 saturated heterocycles. The van der Waals surface area contributed by atoms with E-state index in [0.29, 0.717) is 0 Å². The Morgan fingerprint density at radius 3 is 1.88 bits per heavy atom. The molecule has 4 fully saturated rings. The third-order valence-corrected chi connectivity index (χ3v) is 12.5. The quantitative estimate of drug-likeness (QED) is 0.148. The minimum atomic E-state index is 0.0105. The van der Waals surface area contributed by atoms with Gasteiger partial charge in [0.05, 0.1) is 5.71 Å². The maximum Gasteiger partial charge on any atom is 0.175 e. The third-order valence-electron chi connectivity index (χ3n) is 12.2. The zero-order chi connectivity index (χ0) is 35.2. The summed E-state index contributed by atoms with van der Waals surface area (Å²) < 4.78 is 0. The van der Waals surface area contributed by atoms with Crippen molar-refractivity contribution < 1.29 is 10.0 Å². The summed E-state index contributed by atoms with van der Waals surface area (Å²) in [5.41, 5.74) is 7.59. The van der Waals surface area contributed by atoms with Gasteiger partial charge in [-0.3, -0.25) is 0 Å². The van der Waals surface area contributed by atoms with Crippen LogP contribution in [-0.2, 0) is 15.7 Å². The molecule has 1 aliphatic heterocycles. The maximum atomic E-state index is 8.47. The van der Waals surface area contributed by atoms with Crippen LogP contribution in [0.2, 0.25) is 0 Å². The van der Waals surface area contributed by atoms with Gasteiger partial charge in [-0.2, -0.15) is 0 Å². The molecule has 1 heterocycles. The van der Waals surface area contributed by atoms with Crippen molar-refractivity contribution in [2.75, 3.05) is 0 Å². The zero-order valence-corrected chi connectivity index (χ0v) is 32.1. The van der Waals surface area contributed by atoms with Gasteiger partial charge in [-0.25, -0.2) is 0 Å². The van der Waals surface area contributed by atoms with Crippen LogP contribution in [0.4, 0.5) is 0 Å². The van der Waals surface area contributed by atoms with Crippen LogP contribution in [0.15, 0.2) is 71.0 Å². The number of rotatable bonds is 2. The van der Waals surface area contributed by atoms with E-state index in [1.54, 1.807) is 0 Å². The first-order valence-electron chi connectivity index (χ1n) is 19.3. The van der Waals surface area contributed by atoms with E-state index < -0.39 is 0 Å². The lowest BCUT2D eigenvalue weighted by Crippen LogP contribution is -2.40. The van der Waals surface area contributed by atoms with Crippen molar-refractivity contribution in [3.8, 4) is 0 Å². The lowest BCUT2D eigenvalue weighted by atomic mass is 9.65. The van der Waals surface area contributed by atoms with Crippen molar-refractivity contribution in [2.24, 2.45) is 34.0 Å². The molecular weight excluding hydrogens is 624 g/mol. The van der Waals surface area contributed by atoms with E-state index in [2.05, 4.69) is 82.7 Å². The molecule has 4 aliphatic carbocycles. The van der Waals surface area contributed by atoms with E-state index in [-0.39, 0.29) is 21.6 Å². The molecular formula is C44H63ClN2O2. The Kier molecular flexibility index (Phi) is 12.4. The van der Waals surface area contributed by atoms with Gasteiger partial charge in [0, 0.05) is 12.0 Å². The largest absolute Gasteiger partial charge is 0.410 e. The summed E-state index contributed by atoms with van der Waals surface area (Å²) in [6.45, 7) is 17.3. The highest BCUT2D eigenvalue weighted by Gasteiger charge is 2.47. The smallest absolute Gasteiger partial charge is 0.175 e. The van der Waals surface area contributed by atoms with E-state index >= 15 is 0 Å². The fourth-order valence-corrected chi connectivity index (χ4v) is 9.13. The number of hydrogen-bond acceptors (Lipinski definition) is 4. The van der Waals surface area contributed by atoms with Crippen molar-refractivity contribution >= 4 is 22.5 Å². The highest BCUT2D eigenvalue weighted by molar-refractivity contribution is 6.69. The predicted molar refractivity (Wildman–Crippen MR) is 207 cm³/mol. The van der Waals surface area contributed by atoms with Crippen LogP contribution in [0.25, 0.3) is 0 Å². The van der Waals surface area contributed by atoms with E-state index in [1.165, 1.54) is 112 Å². The molecule has 2 aromatic rings. The standard InChI is InChI=1S/C22H31NO.C11H14ClNO.C11H18/c1-21(2,3)19-10-8-17(9-11-19)20-15-22(24-23-20)13-12-16-6-4-5-7-18(16)14-22;1-11(2,3)9-6-4-8(5-7-9)10(12)13-14;1-9-6-7-10-4-2-3-5-11(10)8-9/h8-11,16,18H,4-7,12-15H2,1-3H3;4-7,14H,1-3H3;10-11H,1-8H2/b;13-10-;. The minimum Gasteiger partial charge on any atom is -0.410 e.